The van der Waals surface area contributed by atoms with E-state index in [0.717, 1.165) is 42.6 Å². The standard InChI is InChI=1S/C26H35N3O2/c27-18-6-2-5-9-25(30)29-24-16-14-22(15-17-24)21-10-12-23(13-11-21)26(31)28-19-20-7-3-1-4-8-20/h10-17,20H,1-9,18-19,27H2,(H,28,31)(H,29,30). The second-order valence-corrected chi connectivity index (χ2v) is 8.52. The summed E-state index contributed by atoms with van der Waals surface area (Å²) < 4.78 is 0. The number of unbranched alkanes of at least 4 members (excludes halogenated alkanes) is 2. The monoisotopic (exact) mass is 421 g/mol. The summed E-state index contributed by atoms with van der Waals surface area (Å²) in [6, 6.07) is 15.5. The number of amides is 2. The second kappa shape index (κ2) is 12.3. The fourth-order valence-corrected chi connectivity index (χ4v) is 4.12. The van der Waals surface area contributed by atoms with Gasteiger partial charge in [0.2, 0.25) is 5.91 Å². The highest BCUT2D eigenvalue weighted by atomic mass is 16.2. The van der Waals surface area contributed by atoms with Crippen LogP contribution in [0.5, 0.6) is 0 Å². The maximum Gasteiger partial charge on any atom is 0.251 e. The first-order chi connectivity index (χ1) is 15.2. The predicted molar refractivity (Wildman–Crippen MR) is 127 cm³/mol. The first-order valence-corrected chi connectivity index (χ1v) is 11.6. The topological polar surface area (TPSA) is 84.2 Å². The number of hydrogen-bond donors (Lipinski definition) is 3. The summed E-state index contributed by atoms with van der Waals surface area (Å²) in [5, 5.41) is 6.03. The minimum Gasteiger partial charge on any atom is -0.352 e. The molecule has 0 aromatic heterocycles. The third-order valence-corrected chi connectivity index (χ3v) is 6.03. The number of hydrogen-bond acceptors (Lipinski definition) is 3. The summed E-state index contributed by atoms with van der Waals surface area (Å²) in [6.07, 6.45) is 9.68. The van der Waals surface area contributed by atoms with Crippen molar-refractivity contribution in [1.82, 2.24) is 5.32 Å². The molecule has 1 aliphatic rings. The van der Waals surface area contributed by atoms with Crippen LogP contribution >= 0.6 is 0 Å². The lowest BCUT2D eigenvalue weighted by Gasteiger charge is -2.21. The number of nitrogens with two attached hydrogens (primary N) is 1. The Morgan fingerprint density at radius 3 is 2.13 bits per heavy atom. The smallest absolute Gasteiger partial charge is 0.251 e. The maximum absolute atomic E-state index is 12.4. The molecule has 0 spiro atoms. The van der Waals surface area contributed by atoms with Crippen LogP contribution in [0.25, 0.3) is 11.1 Å². The van der Waals surface area contributed by atoms with Crippen LogP contribution in [0.4, 0.5) is 5.69 Å². The van der Waals surface area contributed by atoms with Gasteiger partial charge in [0.1, 0.15) is 0 Å². The molecule has 0 heterocycles. The van der Waals surface area contributed by atoms with Crippen LogP contribution in [-0.4, -0.2) is 24.9 Å². The largest absolute Gasteiger partial charge is 0.352 e. The molecule has 0 atom stereocenters. The van der Waals surface area contributed by atoms with E-state index in [9.17, 15) is 9.59 Å². The average Bonchev–Trinajstić information content (AvgIpc) is 2.81. The van der Waals surface area contributed by atoms with Gasteiger partial charge in [-0.05, 0) is 73.5 Å². The average molecular weight is 422 g/mol. The van der Waals surface area contributed by atoms with E-state index in [1.165, 1.54) is 32.1 Å². The zero-order valence-electron chi connectivity index (χ0n) is 18.4. The maximum atomic E-state index is 12.4. The van der Waals surface area contributed by atoms with Gasteiger partial charge in [0.25, 0.3) is 5.91 Å². The van der Waals surface area contributed by atoms with E-state index in [2.05, 4.69) is 10.6 Å². The van der Waals surface area contributed by atoms with Crippen LogP contribution in [0.1, 0.15) is 68.1 Å². The predicted octanol–water partition coefficient (Wildman–Crippen LogP) is 5.12. The van der Waals surface area contributed by atoms with Gasteiger partial charge in [-0.25, -0.2) is 0 Å². The highest BCUT2D eigenvalue weighted by Crippen LogP contribution is 2.24. The molecule has 1 aliphatic carbocycles. The number of benzene rings is 2. The molecule has 0 saturated heterocycles. The Morgan fingerprint density at radius 1 is 0.839 bits per heavy atom. The molecule has 0 bridgehead atoms. The van der Waals surface area contributed by atoms with Crippen molar-refractivity contribution in [2.45, 2.75) is 57.8 Å². The Hall–Kier alpha value is -2.66. The van der Waals surface area contributed by atoms with E-state index in [-0.39, 0.29) is 11.8 Å². The second-order valence-electron chi connectivity index (χ2n) is 8.52. The number of carbonyl (C=O) groups is 2. The van der Waals surface area contributed by atoms with Gasteiger partial charge in [0, 0.05) is 24.2 Å². The summed E-state index contributed by atoms with van der Waals surface area (Å²) in [4.78, 5) is 24.4. The van der Waals surface area contributed by atoms with Crippen LogP contribution in [0.2, 0.25) is 0 Å². The fourth-order valence-electron chi connectivity index (χ4n) is 4.12. The van der Waals surface area contributed by atoms with Crippen LogP contribution in [0, 0.1) is 5.92 Å². The summed E-state index contributed by atoms with van der Waals surface area (Å²) in [5.74, 6) is 0.664. The third-order valence-electron chi connectivity index (χ3n) is 6.03. The SMILES string of the molecule is NCCCCCC(=O)Nc1ccc(-c2ccc(C(=O)NCC3CCCCC3)cc2)cc1. The van der Waals surface area contributed by atoms with Crippen molar-refractivity contribution in [1.29, 1.82) is 0 Å². The van der Waals surface area contributed by atoms with Gasteiger partial charge in [0.15, 0.2) is 0 Å². The summed E-state index contributed by atoms with van der Waals surface area (Å²) in [7, 11) is 0. The van der Waals surface area contributed by atoms with Crippen molar-refractivity contribution in [3.8, 4) is 11.1 Å². The molecule has 5 heteroatoms. The highest BCUT2D eigenvalue weighted by molar-refractivity contribution is 5.94. The molecular weight excluding hydrogens is 386 g/mol. The van der Waals surface area contributed by atoms with Crippen molar-refractivity contribution >= 4 is 17.5 Å². The van der Waals surface area contributed by atoms with Crippen molar-refractivity contribution in [3.05, 3.63) is 54.1 Å². The molecule has 1 saturated carbocycles. The zero-order valence-corrected chi connectivity index (χ0v) is 18.4. The van der Waals surface area contributed by atoms with Gasteiger partial charge < -0.3 is 16.4 Å². The molecule has 166 valence electrons. The molecule has 2 aromatic carbocycles. The first-order valence-electron chi connectivity index (χ1n) is 11.6. The number of nitrogens with one attached hydrogen (secondary N) is 2. The molecule has 5 nitrogen and oxygen atoms in total. The Bertz CT molecular complexity index is 825. The molecule has 31 heavy (non-hydrogen) atoms. The minimum absolute atomic E-state index is 0.00152. The van der Waals surface area contributed by atoms with Crippen LogP contribution in [0.3, 0.4) is 0 Å². The van der Waals surface area contributed by atoms with Crippen molar-refractivity contribution < 1.29 is 9.59 Å². The van der Waals surface area contributed by atoms with Gasteiger partial charge in [-0.1, -0.05) is 49.9 Å². The zero-order chi connectivity index (χ0) is 21.9. The molecule has 3 rings (SSSR count). The van der Waals surface area contributed by atoms with E-state index >= 15 is 0 Å². The number of anilines is 1. The Kier molecular flexibility index (Phi) is 9.10. The fraction of sp³-hybridized carbons (Fsp3) is 0.462. The quantitative estimate of drug-likeness (QED) is 0.466. The minimum atomic E-state index is 0.00152. The Balaban J connectivity index is 1.48. The normalized spacial score (nSPS) is 14.2. The van der Waals surface area contributed by atoms with Crippen molar-refractivity contribution in [2.75, 3.05) is 18.4 Å². The molecule has 2 aromatic rings. The lowest BCUT2D eigenvalue weighted by molar-refractivity contribution is -0.116. The lowest BCUT2D eigenvalue weighted by atomic mass is 9.89. The van der Waals surface area contributed by atoms with E-state index < -0.39 is 0 Å². The highest BCUT2D eigenvalue weighted by Gasteiger charge is 2.15. The van der Waals surface area contributed by atoms with Gasteiger partial charge in [-0.15, -0.1) is 0 Å². The Morgan fingerprint density at radius 2 is 1.48 bits per heavy atom. The van der Waals surface area contributed by atoms with Crippen molar-refractivity contribution in [3.63, 3.8) is 0 Å². The van der Waals surface area contributed by atoms with Gasteiger partial charge >= 0.3 is 0 Å². The van der Waals surface area contributed by atoms with E-state index in [4.69, 9.17) is 5.73 Å². The number of carbonyl (C=O) groups excluding carboxylic acids is 2. The van der Waals surface area contributed by atoms with Crippen LogP contribution in [-0.2, 0) is 4.79 Å². The van der Waals surface area contributed by atoms with E-state index in [0.29, 0.717) is 24.4 Å². The molecule has 0 unspecified atom stereocenters. The first kappa shape index (κ1) is 23.0. The number of rotatable bonds is 10. The van der Waals surface area contributed by atoms with Crippen LogP contribution < -0.4 is 16.4 Å². The summed E-state index contributed by atoms with van der Waals surface area (Å²) in [5.41, 5.74) is 9.06. The van der Waals surface area contributed by atoms with Gasteiger partial charge in [0.05, 0.1) is 0 Å². The third kappa shape index (κ3) is 7.51. The van der Waals surface area contributed by atoms with Gasteiger partial charge in [-0.2, -0.15) is 0 Å². The molecule has 0 aliphatic heterocycles. The summed E-state index contributed by atoms with van der Waals surface area (Å²) >= 11 is 0. The summed E-state index contributed by atoms with van der Waals surface area (Å²) in [6.45, 7) is 1.45. The lowest BCUT2D eigenvalue weighted by Crippen LogP contribution is -2.30. The van der Waals surface area contributed by atoms with E-state index in [1.807, 2.05) is 48.5 Å². The van der Waals surface area contributed by atoms with Crippen molar-refractivity contribution in [2.24, 2.45) is 11.7 Å². The molecule has 2 amide bonds. The van der Waals surface area contributed by atoms with Gasteiger partial charge in [-0.3, -0.25) is 9.59 Å². The molecule has 0 radical (unpaired) electrons. The van der Waals surface area contributed by atoms with E-state index in [1.54, 1.807) is 0 Å². The molecule has 1 fully saturated rings. The van der Waals surface area contributed by atoms with Crippen LogP contribution in [0.15, 0.2) is 48.5 Å². The Labute approximate surface area is 185 Å². The molecule has 4 N–H and O–H groups in total. The molecular formula is C26H35N3O2.